The van der Waals surface area contributed by atoms with Gasteiger partial charge in [-0.3, -0.25) is 4.79 Å². The molecule has 0 radical (unpaired) electrons. The van der Waals surface area contributed by atoms with Gasteiger partial charge in [-0.1, -0.05) is 12.8 Å². The molecule has 18 heavy (non-hydrogen) atoms. The number of nitrogens with one attached hydrogen (secondary N) is 1. The summed E-state index contributed by atoms with van der Waals surface area (Å²) in [5, 5.41) is 12.7. The van der Waals surface area contributed by atoms with E-state index >= 15 is 0 Å². The first-order valence-electron chi connectivity index (χ1n) is 7.27. The highest BCUT2D eigenvalue weighted by atomic mass is 16.3. The van der Waals surface area contributed by atoms with Gasteiger partial charge in [-0.15, -0.1) is 0 Å². The van der Waals surface area contributed by atoms with Gasteiger partial charge >= 0.3 is 0 Å². The molecule has 104 valence electrons. The summed E-state index contributed by atoms with van der Waals surface area (Å²) in [6.07, 6.45) is 7.30. The molecule has 2 N–H and O–H groups in total. The summed E-state index contributed by atoms with van der Waals surface area (Å²) in [5.74, 6) is 0.920. The van der Waals surface area contributed by atoms with Gasteiger partial charge < -0.3 is 15.3 Å². The standard InChI is InChI=1S/C14H26N2O2/c1-10(9-17)16(2)14(18)13-8-7-11-5-3-4-6-12(11)15-13/h10-13,15,17H,3-9H2,1-2H3. The number of aliphatic hydroxyl groups is 1. The third kappa shape index (κ3) is 2.86. The fraction of sp³-hybridized carbons (Fsp3) is 0.929. The fourth-order valence-corrected chi connectivity index (χ4v) is 3.28. The molecule has 4 unspecified atom stereocenters. The second kappa shape index (κ2) is 6.02. The summed E-state index contributed by atoms with van der Waals surface area (Å²) in [5.41, 5.74) is 0. The highest BCUT2D eigenvalue weighted by Gasteiger charge is 2.35. The predicted octanol–water partition coefficient (Wildman–Crippen LogP) is 1.14. The highest BCUT2D eigenvalue weighted by Crippen LogP contribution is 2.32. The molecule has 0 bridgehead atoms. The smallest absolute Gasteiger partial charge is 0.239 e. The molecule has 2 fully saturated rings. The van der Waals surface area contributed by atoms with Gasteiger partial charge in [0.05, 0.1) is 18.7 Å². The van der Waals surface area contributed by atoms with Crippen molar-refractivity contribution < 1.29 is 9.90 Å². The van der Waals surface area contributed by atoms with Crippen molar-refractivity contribution in [2.24, 2.45) is 5.92 Å². The maximum Gasteiger partial charge on any atom is 0.239 e. The van der Waals surface area contributed by atoms with Gasteiger partial charge in [0.25, 0.3) is 0 Å². The van der Waals surface area contributed by atoms with Gasteiger partial charge in [-0.05, 0) is 38.5 Å². The molecule has 4 heteroatoms. The molecule has 1 saturated heterocycles. The Bertz CT molecular complexity index is 296. The maximum atomic E-state index is 12.3. The van der Waals surface area contributed by atoms with E-state index in [-0.39, 0.29) is 24.6 Å². The number of fused-ring (bicyclic) bond motifs is 1. The van der Waals surface area contributed by atoms with Crippen LogP contribution in [0.5, 0.6) is 0 Å². The Balaban J connectivity index is 1.92. The topological polar surface area (TPSA) is 52.6 Å². The van der Waals surface area contributed by atoms with E-state index in [4.69, 9.17) is 5.11 Å². The lowest BCUT2D eigenvalue weighted by Crippen LogP contribution is -2.56. The number of rotatable bonds is 3. The molecule has 1 amide bonds. The molecule has 2 aliphatic rings. The Kier molecular flexibility index (Phi) is 4.62. The van der Waals surface area contributed by atoms with E-state index in [1.807, 2.05) is 6.92 Å². The van der Waals surface area contributed by atoms with E-state index in [0.717, 1.165) is 12.3 Å². The van der Waals surface area contributed by atoms with Gasteiger partial charge in [0.15, 0.2) is 0 Å². The minimum atomic E-state index is -0.0941. The van der Waals surface area contributed by atoms with Crippen LogP contribution in [-0.4, -0.2) is 47.7 Å². The predicted molar refractivity (Wildman–Crippen MR) is 71.2 cm³/mol. The number of amides is 1. The number of aliphatic hydroxyl groups excluding tert-OH is 1. The van der Waals surface area contributed by atoms with Gasteiger partial charge in [0.1, 0.15) is 0 Å². The van der Waals surface area contributed by atoms with Crippen LogP contribution in [0.1, 0.15) is 45.4 Å². The molecule has 1 aliphatic heterocycles. The Morgan fingerprint density at radius 2 is 2.06 bits per heavy atom. The summed E-state index contributed by atoms with van der Waals surface area (Å²) in [7, 11) is 1.79. The van der Waals surface area contributed by atoms with Crippen LogP contribution in [0, 0.1) is 5.92 Å². The number of hydrogen-bond acceptors (Lipinski definition) is 3. The molecule has 0 spiro atoms. The number of carbonyl (C=O) groups excluding carboxylic acids is 1. The molecule has 2 rings (SSSR count). The normalized spacial score (nSPS) is 33.6. The van der Waals surface area contributed by atoms with Gasteiger partial charge in [0, 0.05) is 13.1 Å². The molecule has 0 aromatic rings. The Morgan fingerprint density at radius 1 is 1.33 bits per heavy atom. The van der Waals surface area contributed by atoms with Gasteiger partial charge in [-0.2, -0.15) is 0 Å². The van der Waals surface area contributed by atoms with Crippen LogP contribution < -0.4 is 5.32 Å². The fourth-order valence-electron chi connectivity index (χ4n) is 3.28. The number of carbonyl (C=O) groups is 1. The van der Waals surface area contributed by atoms with Crippen LogP contribution in [0.2, 0.25) is 0 Å². The lowest BCUT2D eigenvalue weighted by Gasteiger charge is -2.41. The zero-order valence-corrected chi connectivity index (χ0v) is 11.6. The Hall–Kier alpha value is -0.610. The summed E-state index contributed by atoms with van der Waals surface area (Å²) in [6, 6.07) is 0.408. The van der Waals surface area contributed by atoms with Crippen LogP contribution in [0.4, 0.5) is 0 Å². The first-order valence-corrected chi connectivity index (χ1v) is 7.27. The molecular formula is C14H26N2O2. The summed E-state index contributed by atoms with van der Waals surface area (Å²) in [4.78, 5) is 14.0. The van der Waals surface area contributed by atoms with E-state index in [0.29, 0.717) is 6.04 Å². The molecule has 1 aliphatic carbocycles. The quantitative estimate of drug-likeness (QED) is 0.794. The molecule has 4 atom stereocenters. The first-order chi connectivity index (χ1) is 8.63. The Morgan fingerprint density at radius 3 is 2.78 bits per heavy atom. The number of likely N-dealkylation sites (N-methyl/N-ethyl adjacent to an activating group) is 1. The molecule has 1 heterocycles. The second-order valence-electron chi connectivity index (χ2n) is 5.93. The van der Waals surface area contributed by atoms with Crippen molar-refractivity contribution in [1.82, 2.24) is 10.2 Å². The van der Waals surface area contributed by atoms with E-state index in [1.54, 1.807) is 11.9 Å². The first kappa shape index (κ1) is 13.8. The van der Waals surface area contributed by atoms with Crippen molar-refractivity contribution in [3.05, 3.63) is 0 Å². The molecule has 4 nitrogen and oxygen atoms in total. The molecule has 1 saturated carbocycles. The average molecular weight is 254 g/mol. The van der Waals surface area contributed by atoms with E-state index < -0.39 is 0 Å². The van der Waals surface area contributed by atoms with Gasteiger partial charge in [0.2, 0.25) is 5.91 Å². The lowest BCUT2D eigenvalue weighted by atomic mass is 9.77. The second-order valence-corrected chi connectivity index (χ2v) is 5.93. The summed E-state index contributed by atoms with van der Waals surface area (Å²) >= 11 is 0. The average Bonchev–Trinajstić information content (AvgIpc) is 2.44. The zero-order valence-electron chi connectivity index (χ0n) is 11.6. The van der Waals surface area contributed by atoms with E-state index in [2.05, 4.69) is 5.32 Å². The van der Waals surface area contributed by atoms with Crippen molar-refractivity contribution in [2.75, 3.05) is 13.7 Å². The molecule has 0 aromatic heterocycles. The summed E-state index contributed by atoms with van der Waals surface area (Å²) in [6.45, 7) is 1.91. The van der Waals surface area contributed by atoms with Crippen molar-refractivity contribution in [3.63, 3.8) is 0 Å². The van der Waals surface area contributed by atoms with Crippen LogP contribution in [0.3, 0.4) is 0 Å². The van der Waals surface area contributed by atoms with Crippen molar-refractivity contribution in [1.29, 1.82) is 0 Å². The third-order valence-corrected chi connectivity index (χ3v) is 4.72. The summed E-state index contributed by atoms with van der Waals surface area (Å²) < 4.78 is 0. The van der Waals surface area contributed by atoms with Crippen LogP contribution in [-0.2, 0) is 4.79 Å². The maximum absolute atomic E-state index is 12.3. The lowest BCUT2D eigenvalue weighted by molar-refractivity contribution is -0.136. The van der Waals surface area contributed by atoms with Gasteiger partial charge in [-0.25, -0.2) is 0 Å². The van der Waals surface area contributed by atoms with Crippen molar-refractivity contribution >= 4 is 5.91 Å². The van der Waals surface area contributed by atoms with Crippen molar-refractivity contribution in [3.8, 4) is 0 Å². The number of nitrogens with zero attached hydrogens (tertiary/aromatic N) is 1. The minimum absolute atomic E-state index is 0.0288. The van der Waals surface area contributed by atoms with Crippen LogP contribution in [0.15, 0.2) is 0 Å². The van der Waals surface area contributed by atoms with Crippen LogP contribution >= 0.6 is 0 Å². The largest absolute Gasteiger partial charge is 0.394 e. The minimum Gasteiger partial charge on any atom is -0.394 e. The van der Waals surface area contributed by atoms with Crippen molar-refractivity contribution in [2.45, 2.75) is 63.6 Å². The molecular weight excluding hydrogens is 228 g/mol. The number of hydrogen-bond donors (Lipinski definition) is 2. The SMILES string of the molecule is CC(CO)N(C)C(=O)C1CCC2CCCCC2N1. The molecule has 0 aromatic carbocycles. The monoisotopic (exact) mass is 254 g/mol. The third-order valence-electron chi connectivity index (χ3n) is 4.72. The van der Waals surface area contributed by atoms with E-state index in [9.17, 15) is 4.79 Å². The highest BCUT2D eigenvalue weighted by molar-refractivity contribution is 5.82. The van der Waals surface area contributed by atoms with E-state index in [1.165, 1.54) is 32.1 Å². The zero-order chi connectivity index (χ0) is 13.1. The van der Waals surface area contributed by atoms with Crippen LogP contribution in [0.25, 0.3) is 0 Å². The number of piperidine rings is 1. The Labute approximate surface area is 110 Å².